The zero-order valence-corrected chi connectivity index (χ0v) is 12.0. The average molecular weight is 271 g/mol. The molecule has 1 aromatic rings. The van der Waals surface area contributed by atoms with Gasteiger partial charge in [-0.2, -0.15) is 5.26 Å². The molecule has 0 atom stereocenters. The van der Waals surface area contributed by atoms with Gasteiger partial charge in [-0.25, -0.2) is 0 Å². The van der Waals surface area contributed by atoms with E-state index in [-0.39, 0.29) is 11.2 Å². The van der Waals surface area contributed by atoms with Crippen molar-refractivity contribution in [2.24, 2.45) is 0 Å². The van der Waals surface area contributed by atoms with Crippen LogP contribution in [0, 0.1) is 18.3 Å². The van der Waals surface area contributed by atoms with E-state index in [0.29, 0.717) is 19.6 Å². The molecule has 0 amide bonds. The van der Waals surface area contributed by atoms with Crippen LogP contribution in [0.1, 0.15) is 43.2 Å². The maximum Gasteiger partial charge on any atom is 0.168 e. The maximum absolute atomic E-state index is 9.24. The molecule has 0 bridgehead atoms. The highest BCUT2D eigenvalue weighted by atomic mass is 16.7. The fourth-order valence-electron chi connectivity index (χ4n) is 3.52. The smallest absolute Gasteiger partial charge is 0.168 e. The highest BCUT2D eigenvalue weighted by Crippen LogP contribution is 2.48. The lowest BCUT2D eigenvalue weighted by Gasteiger charge is -2.43. The normalized spacial score (nSPS) is 23.6. The molecule has 1 aliphatic heterocycles. The van der Waals surface area contributed by atoms with Gasteiger partial charge in [0.2, 0.25) is 0 Å². The second kappa shape index (κ2) is 5.20. The lowest BCUT2D eigenvalue weighted by atomic mass is 9.66. The Morgan fingerprint density at radius 3 is 2.20 bits per heavy atom. The van der Waals surface area contributed by atoms with Gasteiger partial charge in [0.15, 0.2) is 5.79 Å². The van der Waals surface area contributed by atoms with E-state index in [1.165, 1.54) is 11.1 Å². The molecule has 0 unspecified atom stereocenters. The largest absolute Gasteiger partial charge is 0.348 e. The van der Waals surface area contributed by atoms with E-state index >= 15 is 0 Å². The van der Waals surface area contributed by atoms with Crippen molar-refractivity contribution in [3.8, 4) is 6.07 Å². The van der Waals surface area contributed by atoms with Gasteiger partial charge in [0, 0.05) is 24.7 Å². The van der Waals surface area contributed by atoms with E-state index < -0.39 is 0 Å². The first-order valence-corrected chi connectivity index (χ1v) is 7.40. The second-order valence-corrected chi connectivity index (χ2v) is 6.09. The van der Waals surface area contributed by atoms with Crippen molar-refractivity contribution >= 4 is 0 Å². The third kappa shape index (κ3) is 2.34. The fourth-order valence-corrected chi connectivity index (χ4v) is 3.52. The molecule has 20 heavy (non-hydrogen) atoms. The molecule has 106 valence electrons. The molecule has 1 spiro atoms. The zero-order chi connectivity index (χ0) is 14.1. The Morgan fingerprint density at radius 2 is 1.65 bits per heavy atom. The van der Waals surface area contributed by atoms with Gasteiger partial charge in [0.05, 0.1) is 19.3 Å². The van der Waals surface area contributed by atoms with Gasteiger partial charge in [0.1, 0.15) is 0 Å². The number of rotatable bonds is 2. The lowest BCUT2D eigenvalue weighted by molar-refractivity contribution is -0.185. The van der Waals surface area contributed by atoms with Crippen LogP contribution in [-0.2, 0) is 14.9 Å². The standard InChI is InChI=1S/C17H21NO2/c1-14-2-4-15(5-3-14)16(10-11-18)6-8-17(9-7-16)19-12-13-20-17/h2-5H,6-10,12-13H2,1H3. The molecule has 1 aromatic carbocycles. The van der Waals surface area contributed by atoms with Crippen molar-refractivity contribution in [1.29, 1.82) is 5.26 Å². The van der Waals surface area contributed by atoms with Crippen LogP contribution in [-0.4, -0.2) is 19.0 Å². The monoisotopic (exact) mass is 271 g/mol. The molecule has 1 saturated heterocycles. The summed E-state index contributed by atoms with van der Waals surface area (Å²) in [6.07, 6.45) is 4.28. The zero-order valence-electron chi connectivity index (χ0n) is 12.0. The Morgan fingerprint density at radius 1 is 1.05 bits per heavy atom. The highest BCUT2D eigenvalue weighted by molar-refractivity contribution is 5.30. The number of nitriles is 1. The van der Waals surface area contributed by atoms with Crippen molar-refractivity contribution in [2.45, 2.75) is 50.2 Å². The Hall–Kier alpha value is -1.37. The minimum absolute atomic E-state index is 0.0248. The van der Waals surface area contributed by atoms with Crippen molar-refractivity contribution in [3.63, 3.8) is 0 Å². The summed E-state index contributed by atoms with van der Waals surface area (Å²) in [5.41, 5.74) is 2.52. The van der Waals surface area contributed by atoms with Gasteiger partial charge < -0.3 is 9.47 Å². The quantitative estimate of drug-likeness (QED) is 0.827. The van der Waals surface area contributed by atoms with Crippen LogP contribution in [0.5, 0.6) is 0 Å². The van der Waals surface area contributed by atoms with Crippen LogP contribution in [0.4, 0.5) is 0 Å². The SMILES string of the molecule is Cc1ccc(C2(CC#N)CCC3(CC2)OCCO3)cc1. The maximum atomic E-state index is 9.24. The molecule has 2 fully saturated rings. The van der Waals surface area contributed by atoms with Crippen LogP contribution in [0.15, 0.2) is 24.3 Å². The Kier molecular flexibility index (Phi) is 3.54. The van der Waals surface area contributed by atoms with Crippen LogP contribution in [0.2, 0.25) is 0 Å². The summed E-state index contributed by atoms with van der Waals surface area (Å²) in [4.78, 5) is 0. The van der Waals surface area contributed by atoms with Crippen molar-refractivity contribution in [3.05, 3.63) is 35.4 Å². The number of benzene rings is 1. The molecule has 0 N–H and O–H groups in total. The molecule has 3 nitrogen and oxygen atoms in total. The fraction of sp³-hybridized carbons (Fsp3) is 0.588. The van der Waals surface area contributed by atoms with Gasteiger partial charge in [0.25, 0.3) is 0 Å². The Bertz CT molecular complexity index is 499. The summed E-state index contributed by atoms with van der Waals surface area (Å²) in [5, 5.41) is 9.24. The van der Waals surface area contributed by atoms with Gasteiger partial charge in [-0.15, -0.1) is 0 Å². The molecule has 0 radical (unpaired) electrons. The van der Waals surface area contributed by atoms with Gasteiger partial charge in [-0.05, 0) is 25.3 Å². The molecular weight excluding hydrogens is 250 g/mol. The third-order valence-electron chi connectivity index (χ3n) is 4.86. The molecule has 3 rings (SSSR count). The Labute approximate surface area is 120 Å². The first-order valence-electron chi connectivity index (χ1n) is 7.40. The van der Waals surface area contributed by atoms with Crippen molar-refractivity contribution in [2.75, 3.05) is 13.2 Å². The van der Waals surface area contributed by atoms with Crippen LogP contribution in [0.3, 0.4) is 0 Å². The van der Waals surface area contributed by atoms with E-state index in [1.54, 1.807) is 0 Å². The summed E-state index contributed by atoms with van der Waals surface area (Å²) in [6.45, 7) is 3.50. The second-order valence-electron chi connectivity index (χ2n) is 6.09. The number of aryl methyl sites for hydroxylation is 1. The number of hydrogen-bond donors (Lipinski definition) is 0. The predicted octanol–water partition coefficient (Wildman–Crippen LogP) is 3.46. The van der Waals surface area contributed by atoms with Crippen LogP contribution < -0.4 is 0 Å². The first-order chi connectivity index (χ1) is 9.68. The minimum Gasteiger partial charge on any atom is -0.348 e. The summed E-state index contributed by atoms with van der Waals surface area (Å²) < 4.78 is 11.6. The van der Waals surface area contributed by atoms with E-state index in [4.69, 9.17) is 9.47 Å². The third-order valence-corrected chi connectivity index (χ3v) is 4.86. The average Bonchev–Trinajstić information content (AvgIpc) is 2.92. The molecular formula is C17H21NO2. The summed E-state index contributed by atoms with van der Waals surface area (Å²) in [6, 6.07) is 11.0. The highest BCUT2D eigenvalue weighted by Gasteiger charge is 2.46. The van der Waals surface area contributed by atoms with Crippen molar-refractivity contribution in [1.82, 2.24) is 0 Å². The number of hydrogen-bond acceptors (Lipinski definition) is 3. The molecule has 3 heteroatoms. The van der Waals surface area contributed by atoms with Crippen LogP contribution in [0.25, 0.3) is 0 Å². The van der Waals surface area contributed by atoms with Gasteiger partial charge in [-0.1, -0.05) is 29.8 Å². The van der Waals surface area contributed by atoms with E-state index in [9.17, 15) is 5.26 Å². The molecule has 1 heterocycles. The summed E-state index contributed by atoms with van der Waals surface area (Å²) in [7, 11) is 0. The Balaban J connectivity index is 1.83. The van der Waals surface area contributed by atoms with E-state index in [0.717, 1.165) is 25.7 Å². The number of nitrogens with zero attached hydrogens (tertiary/aromatic N) is 1. The minimum atomic E-state index is -0.357. The first kappa shape index (κ1) is 13.6. The lowest BCUT2D eigenvalue weighted by Crippen LogP contribution is -2.42. The van der Waals surface area contributed by atoms with E-state index in [2.05, 4.69) is 37.3 Å². The summed E-state index contributed by atoms with van der Waals surface area (Å²) >= 11 is 0. The predicted molar refractivity (Wildman–Crippen MR) is 76.2 cm³/mol. The van der Waals surface area contributed by atoms with Gasteiger partial charge >= 0.3 is 0 Å². The van der Waals surface area contributed by atoms with Gasteiger partial charge in [-0.3, -0.25) is 0 Å². The molecule has 1 saturated carbocycles. The van der Waals surface area contributed by atoms with Crippen LogP contribution >= 0.6 is 0 Å². The molecule has 0 aromatic heterocycles. The topological polar surface area (TPSA) is 42.2 Å². The van der Waals surface area contributed by atoms with Crippen molar-refractivity contribution < 1.29 is 9.47 Å². The number of ether oxygens (including phenoxy) is 2. The molecule has 1 aliphatic carbocycles. The van der Waals surface area contributed by atoms with E-state index in [1.807, 2.05) is 0 Å². The molecule has 2 aliphatic rings. The summed E-state index contributed by atoms with van der Waals surface area (Å²) in [5.74, 6) is -0.357.